The Morgan fingerprint density at radius 3 is 2.24 bits per heavy atom. The maximum absolute atomic E-state index is 13.3. The van der Waals surface area contributed by atoms with Gasteiger partial charge in [0.25, 0.3) is 0 Å². The summed E-state index contributed by atoms with van der Waals surface area (Å²) in [6, 6.07) is 11.4. The van der Waals surface area contributed by atoms with Gasteiger partial charge in [-0.05, 0) is 63.6 Å². The molecule has 0 unspecified atom stereocenters. The first-order chi connectivity index (χ1) is 16.1. The Morgan fingerprint density at radius 2 is 1.62 bits per heavy atom. The number of carbonyl (C=O) groups is 1. The van der Waals surface area contributed by atoms with E-state index in [1.165, 1.54) is 16.4 Å². The van der Waals surface area contributed by atoms with E-state index >= 15 is 0 Å². The third-order valence-electron chi connectivity index (χ3n) is 6.38. The van der Waals surface area contributed by atoms with E-state index in [4.69, 9.17) is 0 Å². The average Bonchev–Trinajstić information content (AvgIpc) is 3.07. The molecule has 0 bridgehead atoms. The first-order valence-electron chi connectivity index (χ1n) is 11.2. The highest BCUT2D eigenvalue weighted by Gasteiger charge is 2.31. The number of sulfonamides is 1. The van der Waals surface area contributed by atoms with Gasteiger partial charge in [0.05, 0.1) is 22.7 Å². The molecular formula is C25H29FN4O3S. The van der Waals surface area contributed by atoms with Crippen LogP contribution < -0.4 is 0 Å². The number of aromatic nitrogens is 2. The van der Waals surface area contributed by atoms with Crippen LogP contribution in [0.4, 0.5) is 4.39 Å². The van der Waals surface area contributed by atoms with Crippen LogP contribution in [0, 0.1) is 33.5 Å². The molecule has 180 valence electrons. The topological polar surface area (TPSA) is 75.5 Å². The van der Waals surface area contributed by atoms with Gasteiger partial charge in [0.1, 0.15) is 5.82 Å². The van der Waals surface area contributed by atoms with Crippen LogP contribution in [-0.2, 0) is 21.2 Å². The van der Waals surface area contributed by atoms with Gasteiger partial charge < -0.3 is 4.90 Å². The lowest BCUT2D eigenvalue weighted by Gasteiger charge is -2.34. The smallest absolute Gasteiger partial charge is 0.243 e. The quantitative estimate of drug-likeness (QED) is 0.557. The van der Waals surface area contributed by atoms with E-state index in [9.17, 15) is 17.6 Å². The van der Waals surface area contributed by atoms with Crippen molar-refractivity contribution in [3.8, 4) is 5.69 Å². The Balaban J connectivity index is 1.44. The molecule has 1 aliphatic heterocycles. The largest absolute Gasteiger partial charge is 0.340 e. The van der Waals surface area contributed by atoms with Crippen LogP contribution in [-0.4, -0.2) is 59.5 Å². The minimum absolute atomic E-state index is 0.0616. The number of hydrogen-bond acceptors (Lipinski definition) is 4. The first kappa shape index (κ1) is 24.1. The molecule has 34 heavy (non-hydrogen) atoms. The van der Waals surface area contributed by atoms with Crippen molar-refractivity contribution in [2.24, 2.45) is 0 Å². The highest BCUT2D eigenvalue weighted by atomic mass is 32.2. The van der Waals surface area contributed by atoms with Crippen molar-refractivity contribution in [3.05, 3.63) is 76.4 Å². The molecule has 1 aliphatic rings. The molecule has 1 saturated heterocycles. The van der Waals surface area contributed by atoms with Crippen molar-refractivity contribution in [2.45, 2.75) is 39.0 Å². The fourth-order valence-electron chi connectivity index (χ4n) is 4.43. The summed E-state index contributed by atoms with van der Waals surface area (Å²) in [7, 11) is -3.61. The molecule has 0 N–H and O–H groups in total. The standard InChI is InChI=1S/C25H29FN4O3S/c1-17-5-10-24(18(2)15-17)34(32,33)29-13-11-28(12-14-29)25(31)16-23-19(3)27-30(20(23)4)22-8-6-21(26)7-9-22/h5-10,15H,11-14,16H2,1-4H3. The Morgan fingerprint density at radius 1 is 0.971 bits per heavy atom. The lowest BCUT2D eigenvalue weighted by atomic mass is 10.1. The number of nitrogens with zero attached hydrogens (tertiary/aromatic N) is 4. The lowest BCUT2D eigenvalue weighted by molar-refractivity contribution is -0.131. The average molecular weight is 485 g/mol. The van der Waals surface area contributed by atoms with Gasteiger partial charge in [0.15, 0.2) is 0 Å². The van der Waals surface area contributed by atoms with Crippen LogP contribution in [0.1, 0.15) is 28.1 Å². The number of piperazine rings is 1. The second-order valence-corrected chi connectivity index (χ2v) is 10.7. The number of halogens is 1. The van der Waals surface area contributed by atoms with Crippen molar-refractivity contribution in [1.82, 2.24) is 19.0 Å². The van der Waals surface area contributed by atoms with Gasteiger partial charge in [0, 0.05) is 37.4 Å². The van der Waals surface area contributed by atoms with Gasteiger partial charge in [-0.25, -0.2) is 17.5 Å². The van der Waals surface area contributed by atoms with Gasteiger partial charge in [-0.3, -0.25) is 4.79 Å². The van der Waals surface area contributed by atoms with Crippen LogP contribution in [0.25, 0.3) is 5.69 Å². The molecule has 1 amide bonds. The van der Waals surface area contributed by atoms with E-state index in [1.54, 1.807) is 40.8 Å². The molecule has 0 atom stereocenters. The molecule has 0 saturated carbocycles. The Hall–Kier alpha value is -3.04. The molecule has 4 rings (SSSR count). The number of hydrogen-bond donors (Lipinski definition) is 0. The number of aryl methyl sites for hydroxylation is 3. The number of rotatable bonds is 5. The third kappa shape index (κ3) is 4.63. The minimum Gasteiger partial charge on any atom is -0.340 e. The van der Waals surface area contributed by atoms with Crippen LogP contribution in [0.2, 0.25) is 0 Å². The van der Waals surface area contributed by atoms with Gasteiger partial charge in [-0.2, -0.15) is 9.40 Å². The second-order valence-electron chi connectivity index (χ2n) is 8.77. The minimum atomic E-state index is -3.61. The van der Waals surface area contributed by atoms with E-state index < -0.39 is 10.0 Å². The molecule has 0 radical (unpaired) electrons. The molecule has 2 heterocycles. The van der Waals surface area contributed by atoms with Crippen LogP contribution in [0.15, 0.2) is 47.4 Å². The van der Waals surface area contributed by atoms with Gasteiger partial charge in [-0.15, -0.1) is 0 Å². The molecule has 7 nitrogen and oxygen atoms in total. The lowest BCUT2D eigenvalue weighted by Crippen LogP contribution is -2.51. The van der Waals surface area contributed by atoms with Crippen molar-refractivity contribution >= 4 is 15.9 Å². The second kappa shape index (κ2) is 9.31. The first-order valence-corrected chi connectivity index (χ1v) is 12.7. The summed E-state index contributed by atoms with van der Waals surface area (Å²) in [5.74, 6) is -0.382. The summed E-state index contributed by atoms with van der Waals surface area (Å²) in [6.45, 7) is 8.67. The van der Waals surface area contributed by atoms with Crippen molar-refractivity contribution in [2.75, 3.05) is 26.2 Å². The summed E-state index contributed by atoms with van der Waals surface area (Å²) >= 11 is 0. The normalized spacial score (nSPS) is 15.0. The Labute approximate surface area is 199 Å². The molecule has 1 aromatic heterocycles. The van der Waals surface area contributed by atoms with Crippen molar-refractivity contribution in [1.29, 1.82) is 0 Å². The monoisotopic (exact) mass is 484 g/mol. The maximum Gasteiger partial charge on any atom is 0.243 e. The SMILES string of the molecule is Cc1ccc(S(=O)(=O)N2CCN(C(=O)Cc3c(C)nn(-c4ccc(F)cc4)c3C)CC2)c(C)c1. The van der Waals surface area contributed by atoms with Crippen LogP contribution >= 0.6 is 0 Å². The fraction of sp³-hybridized carbons (Fsp3) is 0.360. The zero-order valence-electron chi connectivity index (χ0n) is 19.9. The van der Waals surface area contributed by atoms with Crippen molar-refractivity contribution < 1.29 is 17.6 Å². The molecule has 1 fully saturated rings. The Kier molecular flexibility index (Phi) is 6.60. The van der Waals surface area contributed by atoms with Crippen molar-refractivity contribution in [3.63, 3.8) is 0 Å². The molecule has 2 aromatic carbocycles. The maximum atomic E-state index is 13.3. The van der Waals surface area contributed by atoms with E-state index in [-0.39, 0.29) is 31.2 Å². The molecule has 3 aromatic rings. The summed E-state index contributed by atoms with van der Waals surface area (Å²) in [5, 5.41) is 4.54. The molecular weight excluding hydrogens is 455 g/mol. The van der Waals surface area contributed by atoms with E-state index in [1.807, 2.05) is 26.8 Å². The molecule has 9 heteroatoms. The zero-order valence-corrected chi connectivity index (χ0v) is 20.7. The molecule has 0 aliphatic carbocycles. The number of benzene rings is 2. The van der Waals surface area contributed by atoms with Gasteiger partial charge >= 0.3 is 0 Å². The predicted molar refractivity (Wildman–Crippen MR) is 128 cm³/mol. The van der Waals surface area contributed by atoms with Crippen LogP contribution in [0.3, 0.4) is 0 Å². The number of amides is 1. The van der Waals surface area contributed by atoms with Gasteiger partial charge in [0.2, 0.25) is 15.9 Å². The van der Waals surface area contributed by atoms with Crippen LogP contribution in [0.5, 0.6) is 0 Å². The fourth-order valence-corrected chi connectivity index (χ4v) is 6.06. The Bertz CT molecular complexity index is 1320. The number of carbonyl (C=O) groups excluding carboxylic acids is 1. The highest BCUT2D eigenvalue weighted by molar-refractivity contribution is 7.89. The zero-order chi connectivity index (χ0) is 24.6. The predicted octanol–water partition coefficient (Wildman–Crippen LogP) is 3.32. The van der Waals surface area contributed by atoms with E-state index in [0.29, 0.717) is 18.0 Å². The van der Waals surface area contributed by atoms with Gasteiger partial charge in [-0.1, -0.05) is 17.7 Å². The van der Waals surface area contributed by atoms with E-state index in [2.05, 4.69) is 5.10 Å². The summed E-state index contributed by atoms with van der Waals surface area (Å²) < 4.78 is 42.7. The highest BCUT2D eigenvalue weighted by Crippen LogP contribution is 2.23. The molecule has 0 spiro atoms. The van der Waals surface area contributed by atoms with E-state index in [0.717, 1.165) is 33.8 Å². The third-order valence-corrected chi connectivity index (χ3v) is 8.44. The summed E-state index contributed by atoms with van der Waals surface area (Å²) in [6.07, 6.45) is 0.183. The summed E-state index contributed by atoms with van der Waals surface area (Å²) in [5.41, 5.74) is 4.87. The summed E-state index contributed by atoms with van der Waals surface area (Å²) in [4.78, 5) is 15.1.